The van der Waals surface area contributed by atoms with E-state index in [9.17, 15) is 4.79 Å². The molecule has 1 unspecified atom stereocenters. The summed E-state index contributed by atoms with van der Waals surface area (Å²) in [6.45, 7) is 4.47. The first-order valence-corrected chi connectivity index (χ1v) is 6.85. The summed E-state index contributed by atoms with van der Waals surface area (Å²) in [6.07, 6.45) is 9.18. The fourth-order valence-corrected chi connectivity index (χ4v) is 2.14. The van der Waals surface area contributed by atoms with Crippen molar-refractivity contribution in [1.29, 1.82) is 0 Å². The molecule has 1 atom stereocenters. The Hall–Kier alpha value is -1.55. The van der Waals surface area contributed by atoms with Gasteiger partial charge in [-0.15, -0.1) is 0 Å². The van der Waals surface area contributed by atoms with E-state index in [0.29, 0.717) is 0 Å². The zero-order valence-electron chi connectivity index (χ0n) is 12.0. The van der Waals surface area contributed by atoms with Crippen LogP contribution >= 0.6 is 0 Å². The van der Waals surface area contributed by atoms with Gasteiger partial charge in [-0.1, -0.05) is 32.4 Å². The van der Waals surface area contributed by atoms with Gasteiger partial charge in [0.1, 0.15) is 0 Å². The smallest absolute Gasteiger partial charge is 0.314 e. The maximum atomic E-state index is 11.8. The number of aromatic amines is 1. The van der Waals surface area contributed by atoms with Crippen LogP contribution in [0.3, 0.4) is 0 Å². The molecule has 3 N–H and O–H groups in total. The van der Waals surface area contributed by atoms with E-state index in [1.54, 1.807) is 0 Å². The lowest BCUT2D eigenvalue weighted by Crippen LogP contribution is -2.31. The molecule has 0 saturated heterocycles. The molecular formula is C15H24N2O2. The molecule has 1 aromatic heterocycles. The first-order chi connectivity index (χ1) is 9.19. The minimum atomic E-state index is -0.400. The van der Waals surface area contributed by atoms with Crippen LogP contribution in [0.5, 0.6) is 0 Å². The Balaban J connectivity index is 3.32. The van der Waals surface area contributed by atoms with E-state index >= 15 is 0 Å². The number of H-pyrrole nitrogens is 1. The number of unbranched alkanes of at least 4 members (excludes halogenated alkanes) is 1. The van der Waals surface area contributed by atoms with Crippen LogP contribution < -0.4 is 16.3 Å². The SMILES string of the molecule is CC/C=c1/c(C(CN)C(=O)OC)c[nH]/c1=C/CCC. The first kappa shape index (κ1) is 15.5. The van der Waals surface area contributed by atoms with Gasteiger partial charge < -0.3 is 15.5 Å². The van der Waals surface area contributed by atoms with Crippen LogP contribution in [-0.2, 0) is 9.53 Å². The van der Waals surface area contributed by atoms with Gasteiger partial charge in [0.2, 0.25) is 0 Å². The van der Waals surface area contributed by atoms with Gasteiger partial charge in [-0.2, -0.15) is 0 Å². The maximum absolute atomic E-state index is 11.8. The van der Waals surface area contributed by atoms with Crippen LogP contribution in [0.1, 0.15) is 44.6 Å². The molecule has 19 heavy (non-hydrogen) atoms. The summed E-state index contributed by atoms with van der Waals surface area (Å²) in [7, 11) is 1.39. The second kappa shape index (κ2) is 7.79. The highest BCUT2D eigenvalue weighted by molar-refractivity contribution is 5.78. The van der Waals surface area contributed by atoms with Crippen LogP contribution in [0.2, 0.25) is 0 Å². The Kier molecular flexibility index (Phi) is 6.36. The molecular weight excluding hydrogens is 240 g/mol. The Labute approximate surface area is 114 Å². The molecule has 0 saturated carbocycles. The van der Waals surface area contributed by atoms with E-state index < -0.39 is 5.92 Å². The summed E-state index contributed by atoms with van der Waals surface area (Å²) in [5.41, 5.74) is 6.65. The van der Waals surface area contributed by atoms with Gasteiger partial charge >= 0.3 is 5.97 Å². The van der Waals surface area contributed by atoms with Crippen molar-refractivity contribution in [2.75, 3.05) is 13.7 Å². The van der Waals surface area contributed by atoms with E-state index in [0.717, 1.165) is 35.4 Å². The number of ether oxygens (including phenoxy) is 1. The van der Waals surface area contributed by atoms with E-state index in [1.807, 2.05) is 6.20 Å². The van der Waals surface area contributed by atoms with E-state index in [-0.39, 0.29) is 12.5 Å². The minimum Gasteiger partial charge on any atom is -0.469 e. The van der Waals surface area contributed by atoms with E-state index in [1.165, 1.54) is 7.11 Å². The highest BCUT2D eigenvalue weighted by atomic mass is 16.5. The predicted molar refractivity (Wildman–Crippen MR) is 78.0 cm³/mol. The summed E-state index contributed by atoms with van der Waals surface area (Å²) in [5.74, 6) is -0.683. The van der Waals surface area contributed by atoms with Gasteiger partial charge in [-0.25, -0.2) is 0 Å². The fraction of sp³-hybridized carbons (Fsp3) is 0.533. The summed E-state index contributed by atoms with van der Waals surface area (Å²) in [6, 6.07) is 0. The Bertz CT molecular complexity index is 517. The molecule has 4 nitrogen and oxygen atoms in total. The van der Waals surface area contributed by atoms with Crippen LogP contribution in [0.25, 0.3) is 12.2 Å². The highest BCUT2D eigenvalue weighted by Crippen LogP contribution is 2.10. The van der Waals surface area contributed by atoms with Gasteiger partial charge in [-0.05, 0) is 23.6 Å². The average Bonchev–Trinajstić information content (AvgIpc) is 2.81. The van der Waals surface area contributed by atoms with Gasteiger partial charge in [0.25, 0.3) is 0 Å². The predicted octanol–water partition coefficient (Wildman–Crippen LogP) is 1.00. The molecule has 0 aromatic carbocycles. The standard InChI is InChI=1S/C15H24N2O2/c1-4-6-8-14-11(7-5-2)13(10-17-14)12(9-16)15(18)19-3/h7-8,10,12,17H,4-6,9,16H2,1-3H3/b11-7-,14-8+. The lowest BCUT2D eigenvalue weighted by Gasteiger charge is -2.10. The Morgan fingerprint density at radius 1 is 1.47 bits per heavy atom. The summed E-state index contributed by atoms with van der Waals surface area (Å²) in [4.78, 5) is 15.0. The Morgan fingerprint density at radius 3 is 2.74 bits per heavy atom. The topological polar surface area (TPSA) is 68.1 Å². The van der Waals surface area contributed by atoms with Crippen molar-refractivity contribution in [3.63, 3.8) is 0 Å². The lowest BCUT2D eigenvalue weighted by atomic mass is 10.00. The number of esters is 1. The van der Waals surface area contributed by atoms with Crippen LogP contribution in [0.15, 0.2) is 6.20 Å². The molecule has 106 valence electrons. The molecule has 4 heteroatoms. The van der Waals surface area contributed by atoms with Crippen molar-refractivity contribution >= 4 is 18.1 Å². The quantitative estimate of drug-likeness (QED) is 0.753. The van der Waals surface area contributed by atoms with Crippen molar-refractivity contribution in [2.45, 2.75) is 39.0 Å². The van der Waals surface area contributed by atoms with Crippen molar-refractivity contribution in [3.8, 4) is 0 Å². The third-order valence-corrected chi connectivity index (χ3v) is 3.13. The molecule has 1 rings (SSSR count). The summed E-state index contributed by atoms with van der Waals surface area (Å²) in [5, 5.41) is 2.15. The maximum Gasteiger partial charge on any atom is 0.314 e. The number of hydrogen-bond donors (Lipinski definition) is 2. The number of carbonyl (C=O) groups excluding carboxylic acids is 1. The number of hydrogen-bond acceptors (Lipinski definition) is 3. The fourth-order valence-electron chi connectivity index (χ4n) is 2.14. The van der Waals surface area contributed by atoms with Crippen molar-refractivity contribution in [1.82, 2.24) is 4.98 Å². The molecule has 0 aliphatic carbocycles. The normalized spacial score (nSPS) is 14.7. The Morgan fingerprint density at radius 2 is 2.21 bits per heavy atom. The molecule has 0 bridgehead atoms. The van der Waals surface area contributed by atoms with Crippen molar-refractivity contribution in [3.05, 3.63) is 22.3 Å². The van der Waals surface area contributed by atoms with Gasteiger partial charge in [-0.3, -0.25) is 4.79 Å². The zero-order chi connectivity index (χ0) is 14.3. The largest absolute Gasteiger partial charge is 0.469 e. The molecule has 0 amide bonds. The molecule has 1 aromatic rings. The zero-order valence-corrected chi connectivity index (χ0v) is 12.0. The highest BCUT2D eigenvalue weighted by Gasteiger charge is 2.21. The second-order valence-electron chi connectivity index (χ2n) is 4.49. The number of carbonyl (C=O) groups is 1. The second-order valence-corrected chi connectivity index (χ2v) is 4.49. The third kappa shape index (κ3) is 3.70. The van der Waals surface area contributed by atoms with Gasteiger partial charge in [0, 0.05) is 18.1 Å². The van der Waals surface area contributed by atoms with Gasteiger partial charge in [0.05, 0.1) is 13.0 Å². The monoisotopic (exact) mass is 264 g/mol. The van der Waals surface area contributed by atoms with E-state index in [2.05, 4.69) is 31.0 Å². The number of rotatable bonds is 6. The average molecular weight is 264 g/mol. The molecule has 0 aliphatic rings. The number of nitrogens with two attached hydrogens (primary N) is 1. The van der Waals surface area contributed by atoms with E-state index in [4.69, 9.17) is 10.5 Å². The van der Waals surface area contributed by atoms with Gasteiger partial charge in [0.15, 0.2) is 0 Å². The summed E-state index contributed by atoms with van der Waals surface area (Å²) >= 11 is 0. The molecule has 0 fully saturated rings. The van der Waals surface area contributed by atoms with Crippen molar-refractivity contribution < 1.29 is 9.53 Å². The third-order valence-electron chi connectivity index (χ3n) is 3.13. The minimum absolute atomic E-state index is 0.252. The molecule has 0 radical (unpaired) electrons. The van der Waals surface area contributed by atoms with Crippen LogP contribution in [-0.4, -0.2) is 24.6 Å². The number of nitrogens with one attached hydrogen (secondary N) is 1. The number of aromatic nitrogens is 1. The van der Waals surface area contributed by atoms with Crippen LogP contribution in [0.4, 0.5) is 0 Å². The summed E-state index contributed by atoms with van der Waals surface area (Å²) < 4.78 is 4.82. The molecule has 0 aliphatic heterocycles. The molecule has 1 heterocycles. The van der Waals surface area contributed by atoms with Crippen LogP contribution in [0, 0.1) is 0 Å². The lowest BCUT2D eigenvalue weighted by molar-refractivity contribution is -0.142. The molecule has 0 spiro atoms. The van der Waals surface area contributed by atoms with Crippen molar-refractivity contribution in [2.24, 2.45) is 5.73 Å². The number of methoxy groups -OCH3 is 1. The first-order valence-electron chi connectivity index (χ1n) is 6.85.